The fraction of sp³-hybridized carbons (Fsp3) is 0.286. The molecule has 5 nitrogen and oxygen atoms in total. The molecule has 0 unspecified atom stereocenters. The Morgan fingerprint density at radius 1 is 1.42 bits per heavy atom. The summed E-state index contributed by atoms with van der Waals surface area (Å²) in [5.74, 6) is 0. The molecule has 2 aromatic heterocycles. The Bertz CT molecular complexity index is 456. The summed E-state index contributed by atoms with van der Waals surface area (Å²) in [6.07, 6.45) is 0.785. The SMILES string of the molecule is CCc1cc2c(=O)[nH][nH]c2nn1. The Kier molecular flexibility index (Phi) is 1.43. The van der Waals surface area contributed by atoms with Crippen molar-refractivity contribution in [3.8, 4) is 0 Å². The number of rotatable bonds is 1. The molecular weight excluding hydrogens is 156 g/mol. The zero-order valence-electron chi connectivity index (χ0n) is 6.59. The second-order valence-corrected chi connectivity index (χ2v) is 2.53. The van der Waals surface area contributed by atoms with Gasteiger partial charge in [0.2, 0.25) is 0 Å². The molecule has 0 atom stereocenters. The summed E-state index contributed by atoms with van der Waals surface area (Å²) in [5.41, 5.74) is 1.19. The molecule has 0 amide bonds. The van der Waals surface area contributed by atoms with Crippen LogP contribution in [-0.4, -0.2) is 20.4 Å². The number of hydrogen-bond acceptors (Lipinski definition) is 3. The Morgan fingerprint density at radius 3 is 3.00 bits per heavy atom. The van der Waals surface area contributed by atoms with Gasteiger partial charge in [0.05, 0.1) is 11.1 Å². The Morgan fingerprint density at radius 2 is 2.25 bits per heavy atom. The van der Waals surface area contributed by atoms with E-state index in [1.807, 2.05) is 6.92 Å². The van der Waals surface area contributed by atoms with Gasteiger partial charge in [0, 0.05) is 0 Å². The molecule has 0 fully saturated rings. The minimum Gasteiger partial charge on any atom is -0.279 e. The molecule has 0 aliphatic rings. The third-order valence-corrected chi connectivity index (χ3v) is 1.75. The van der Waals surface area contributed by atoms with Crippen LogP contribution in [0.15, 0.2) is 10.9 Å². The van der Waals surface area contributed by atoms with Crippen LogP contribution in [0.3, 0.4) is 0 Å². The number of aryl methyl sites for hydroxylation is 1. The minimum atomic E-state index is -0.144. The molecular formula is C7H8N4O. The maximum absolute atomic E-state index is 11.1. The highest BCUT2D eigenvalue weighted by Crippen LogP contribution is 2.02. The van der Waals surface area contributed by atoms with E-state index < -0.39 is 0 Å². The highest BCUT2D eigenvalue weighted by atomic mass is 16.1. The first-order chi connectivity index (χ1) is 5.81. The molecule has 0 radical (unpaired) electrons. The maximum atomic E-state index is 11.1. The monoisotopic (exact) mass is 164 g/mol. The number of hydrogen-bond donors (Lipinski definition) is 2. The summed E-state index contributed by atoms with van der Waals surface area (Å²) in [7, 11) is 0. The molecule has 12 heavy (non-hydrogen) atoms. The molecule has 2 N–H and O–H groups in total. The number of aromatic amines is 2. The number of nitrogens with one attached hydrogen (secondary N) is 2. The minimum absolute atomic E-state index is 0.144. The fourth-order valence-electron chi connectivity index (χ4n) is 1.05. The van der Waals surface area contributed by atoms with Crippen LogP contribution in [0.4, 0.5) is 0 Å². The van der Waals surface area contributed by atoms with Gasteiger partial charge >= 0.3 is 0 Å². The van der Waals surface area contributed by atoms with Crippen molar-refractivity contribution in [2.45, 2.75) is 13.3 Å². The molecule has 2 rings (SSSR count). The quantitative estimate of drug-likeness (QED) is 0.632. The van der Waals surface area contributed by atoms with E-state index in [1.165, 1.54) is 0 Å². The normalized spacial score (nSPS) is 10.8. The molecule has 0 saturated heterocycles. The molecule has 0 aliphatic carbocycles. The number of aromatic nitrogens is 4. The van der Waals surface area contributed by atoms with Gasteiger partial charge < -0.3 is 0 Å². The highest BCUT2D eigenvalue weighted by molar-refractivity contribution is 5.72. The van der Waals surface area contributed by atoms with Crippen LogP contribution in [0.1, 0.15) is 12.6 Å². The molecule has 0 spiro atoms. The zero-order chi connectivity index (χ0) is 8.55. The van der Waals surface area contributed by atoms with Gasteiger partial charge in [-0.2, -0.15) is 5.10 Å². The largest absolute Gasteiger partial charge is 0.279 e. The predicted octanol–water partition coefficient (Wildman–Crippen LogP) is 0.209. The van der Waals surface area contributed by atoms with Crippen LogP contribution in [0, 0.1) is 0 Å². The standard InChI is InChI=1S/C7H8N4O/c1-2-4-3-5-6(9-8-4)10-11-7(5)12/h3H,2H2,1H3,(H2,9,10,11,12). The van der Waals surface area contributed by atoms with E-state index in [1.54, 1.807) is 6.07 Å². The average Bonchev–Trinajstić information content (AvgIpc) is 2.47. The molecule has 2 aromatic rings. The number of H-pyrrole nitrogens is 2. The third-order valence-electron chi connectivity index (χ3n) is 1.75. The molecule has 62 valence electrons. The molecule has 2 heterocycles. The lowest BCUT2D eigenvalue weighted by atomic mass is 10.3. The lowest BCUT2D eigenvalue weighted by Crippen LogP contribution is -1.99. The van der Waals surface area contributed by atoms with E-state index in [0.717, 1.165) is 12.1 Å². The van der Waals surface area contributed by atoms with Crippen LogP contribution in [-0.2, 0) is 6.42 Å². The summed E-state index contributed by atoms with van der Waals surface area (Å²) in [5, 5.41) is 13.4. The Labute approximate surface area is 67.8 Å². The van der Waals surface area contributed by atoms with Crippen LogP contribution in [0.5, 0.6) is 0 Å². The zero-order valence-corrected chi connectivity index (χ0v) is 6.59. The van der Waals surface area contributed by atoms with Gasteiger partial charge in [0.1, 0.15) is 0 Å². The summed E-state index contributed by atoms with van der Waals surface area (Å²) in [4.78, 5) is 11.1. The van der Waals surface area contributed by atoms with Crippen molar-refractivity contribution in [1.29, 1.82) is 0 Å². The van der Waals surface area contributed by atoms with Gasteiger partial charge in [0.15, 0.2) is 5.65 Å². The lowest BCUT2D eigenvalue weighted by molar-refractivity contribution is 0.931. The van der Waals surface area contributed by atoms with Gasteiger partial charge in [-0.25, -0.2) is 0 Å². The maximum Gasteiger partial charge on any atom is 0.273 e. The van der Waals surface area contributed by atoms with Gasteiger partial charge in [-0.15, -0.1) is 5.10 Å². The van der Waals surface area contributed by atoms with E-state index in [9.17, 15) is 4.79 Å². The van der Waals surface area contributed by atoms with Crippen molar-refractivity contribution in [2.75, 3.05) is 0 Å². The lowest BCUT2D eigenvalue weighted by Gasteiger charge is -1.90. The van der Waals surface area contributed by atoms with Gasteiger partial charge in [-0.1, -0.05) is 6.92 Å². The first-order valence-electron chi connectivity index (χ1n) is 3.74. The Hall–Kier alpha value is -1.65. The van der Waals surface area contributed by atoms with E-state index in [2.05, 4.69) is 20.4 Å². The van der Waals surface area contributed by atoms with E-state index in [0.29, 0.717) is 11.0 Å². The molecule has 0 saturated carbocycles. The van der Waals surface area contributed by atoms with E-state index in [4.69, 9.17) is 0 Å². The number of fused-ring (bicyclic) bond motifs is 1. The second-order valence-electron chi connectivity index (χ2n) is 2.53. The van der Waals surface area contributed by atoms with E-state index >= 15 is 0 Å². The summed E-state index contributed by atoms with van der Waals surface area (Å²) in [6, 6.07) is 1.75. The summed E-state index contributed by atoms with van der Waals surface area (Å²) < 4.78 is 0. The van der Waals surface area contributed by atoms with Crippen LogP contribution in [0.2, 0.25) is 0 Å². The van der Waals surface area contributed by atoms with Crippen LogP contribution in [0.25, 0.3) is 11.0 Å². The molecule has 0 aliphatic heterocycles. The van der Waals surface area contributed by atoms with E-state index in [-0.39, 0.29) is 5.56 Å². The van der Waals surface area contributed by atoms with Crippen LogP contribution >= 0.6 is 0 Å². The van der Waals surface area contributed by atoms with Crippen molar-refractivity contribution in [2.24, 2.45) is 0 Å². The summed E-state index contributed by atoms with van der Waals surface area (Å²) >= 11 is 0. The van der Waals surface area contributed by atoms with Gasteiger partial charge in [-0.05, 0) is 12.5 Å². The Balaban J connectivity index is 2.80. The third kappa shape index (κ3) is 0.903. The fourth-order valence-corrected chi connectivity index (χ4v) is 1.05. The first-order valence-corrected chi connectivity index (χ1v) is 3.74. The number of nitrogens with zero attached hydrogens (tertiary/aromatic N) is 2. The topological polar surface area (TPSA) is 74.4 Å². The van der Waals surface area contributed by atoms with Crippen molar-refractivity contribution in [3.05, 3.63) is 22.1 Å². The van der Waals surface area contributed by atoms with Crippen molar-refractivity contribution in [1.82, 2.24) is 20.4 Å². The molecule has 5 heteroatoms. The van der Waals surface area contributed by atoms with Crippen LogP contribution < -0.4 is 5.56 Å². The average molecular weight is 164 g/mol. The smallest absolute Gasteiger partial charge is 0.273 e. The molecule has 0 aromatic carbocycles. The van der Waals surface area contributed by atoms with Gasteiger partial charge in [-0.3, -0.25) is 15.0 Å². The predicted molar refractivity (Wildman–Crippen MR) is 43.9 cm³/mol. The van der Waals surface area contributed by atoms with Crippen molar-refractivity contribution < 1.29 is 0 Å². The highest BCUT2D eigenvalue weighted by Gasteiger charge is 2.02. The van der Waals surface area contributed by atoms with Gasteiger partial charge in [0.25, 0.3) is 5.56 Å². The summed E-state index contributed by atoms with van der Waals surface area (Å²) in [6.45, 7) is 1.97. The first kappa shape index (κ1) is 7.02. The molecule has 0 bridgehead atoms. The van der Waals surface area contributed by atoms with Crippen molar-refractivity contribution >= 4 is 11.0 Å². The second kappa shape index (κ2) is 2.44. The van der Waals surface area contributed by atoms with Crippen molar-refractivity contribution in [3.63, 3.8) is 0 Å².